The van der Waals surface area contributed by atoms with Crippen molar-refractivity contribution in [2.75, 3.05) is 24.5 Å². The van der Waals surface area contributed by atoms with Gasteiger partial charge in [-0.3, -0.25) is 0 Å². The molecular formula is C16H20N2O2S2. The highest BCUT2D eigenvalue weighted by Gasteiger charge is 2.32. The van der Waals surface area contributed by atoms with Crippen LogP contribution in [0.25, 0.3) is 0 Å². The third kappa shape index (κ3) is 2.91. The minimum Gasteiger partial charge on any atom is -0.366 e. The van der Waals surface area contributed by atoms with E-state index in [0.29, 0.717) is 17.3 Å². The van der Waals surface area contributed by atoms with Crippen molar-refractivity contribution in [3.63, 3.8) is 0 Å². The Hall–Kier alpha value is -1.37. The monoisotopic (exact) mass is 336 g/mol. The van der Waals surface area contributed by atoms with Gasteiger partial charge in [-0.25, -0.2) is 8.42 Å². The Morgan fingerprint density at radius 1 is 1.14 bits per heavy atom. The van der Waals surface area contributed by atoms with Crippen LogP contribution in [0.5, 0.6) is 0 Å². The number of sulfonamides is 1. The van der Waals surface area contributed by atoms with Gasteiger partial charge in [0, 0.05) is 31.4 Å². The average molecular weight is 336 g/mol. The normalized spacial score (nSPS) is 20.3. The Bertz CT molecular complexity index is 724. The number of benzene rings is 1. The van der Waals surface area contributed by atoms with E-state index in [0.717, 1.165) is 12.2 Å². The Morgan fingerprint density at radius 3 is 2.45 bits per heavy atom. The van der Waals surface area contributed by atoms with Gasteiger partial charge in [-0.2, -0.15) is 4.31 Å². The lowest BCUT2D eigenvalue weighted by atomic mass is 10.1. The molecule has 1 aliphatic rings. The van der Waals surface area contributed by atoms with Crippen LogP contribution in [0, 0.1) is 6.92 Å². The first-order chi connectivity index (χ1) is 10.5. The molecule has 0 amide bonds. The molecule has 3 rings (SSSR count). The summed E-state index contributed by atoms with van der Waals surface area (Å²) in [6.45, 7) is 5.91. The van der Waals surface area contributed by atoms with Gasteiger partial charge in [-0.1, -0.05) is 23.8 Å². The van der Waals surface area contributed by atoms with Crippen molar-refractivity contribution in [2.45, 2.75) is 24.1 Å². The molecule has 118 valence electrons. The van der Waals surface area contributed by atoms with E-state index in [1.165, 1.54) is 16.9 Å². The molecule has 2 aromatic rings. The van der Waals surface area contributed by atoms with Crippen LogP contribution < -0.4 is 4.90 Å². The molecule has 1 aromatic carbocycles. The van der Waals surface area contributed by atoms with Crippen molar-refractivity contribution >= 4 is 27.0 Å². The van der Waals surface area contributed by atoms with Crippen LogP contribution in [0.4, 0.5) is 5.69 Å². The first-order valence-corrected chi connectivity index (χ1v) is 9.67. The van der Waals surface area contributed by atoms with Crippen molar-refractivity contribution in [1.82, 2.24) is 4.31 Å². The molecule has 4 nitrogen and oxygen atoms in total. The van der Waals surface area contributed by atoms with Crippen molar-refractivity contribution in [2.24, 2.45) is 0 Å². The molecule has 1 fully saturated rings. The average Bonchev–Trinajstić information content (AvgIpc) is 3.03. The van der Waals surface area contributed by atoms with E-state index < -0.39 is 10.0 Å². The van der Waals surface area contributed by atoms with Gasteiger partial charge in [-0.05, 0) is 37.4 Å². The molecule has 22 heavy (non-hydrogen) atoms. The second-order valence-corrected chi connectivity index (χ2v) is 8.79. The predicted octanol–water partition coefficient (Wildman–Crippen LogP) is 2.96. The van der Waals surface area contributed by atoms with E-state index in [2.05, 4.69) is 43.0 Å². The maximum atomic E-state index is 12.6. The molecule has 1 atom stereocenters. The minimum atomic E-state index is -3.34. The van der Waals surface area contributed by atoms with Crippen molar-refractivity contribution in [3.8, 4) is 0 Å². The van der Waals surface area contributed by atoms with Gasteiger partial charge in [0.25, 0.3) is 10.0 Å². The lowest BCUT2D eigenvalue weighted by molar-refractivity contribution is 0.343. The molecule has 0 bridgehead atoms. The fourth-order valence-corrected chi connectivity index (χ4v) is 5.46. The summed E-state index contributed by atoms with van der Waals surface area (Å²) in [5.41, 5.74) is 2.39. The van der Waals surface area contributed by atoms with E-state index >= 15 is 0 Å². The number of piperazine rings is 1. The maximum Gasteiger partial charge on any atom is 0.252 e. The highest BCUT2D eigenvalue weighted by atomic mass is 32.2. The summed E-state index contributed by atoms with van der Waals surface area (Å²) in [6.07, 6.45) is 0. The molecular weight excluding hydrogens is 316 g/mol. The number of aryl methyl sites for hydroxylation is 1. The second-order valence-electron chi connectivity index (χ2n) is 5.67. The summed E-state index contributed by atoms with van der Waals surface area (Å²) in [4.78, 5) is 2.28. The van der Waals surface area contributed by atoms with Gasteiger partial charge in [0.1, 0.15) is 4.21 Å². The van der Waals surface area contributed by atoms with E-state index in [9.17, 15) is 8.42 Å². The molecule has 1 aromatic heterocycles. The molecule has 2 heterocycles. The standard InChI is InChI=1S/C16H20N2O2S2/c1-13-5-7-15(8-6-13)18-10-9-17(12-14(18)2)22(19,20)16-4-3-11-21-16/h3-8,11,14H,9-10,12H2,1-2H3/t14-/m0/s1. The van der Waals surface area contributed by atoms with Crippen molar-refractivity contribution in [3.05, 3.63) is 47.3 Å². The molecule has 0 unspecified atom stereocenters. The molecule has 0 N–H and O–H groups in total. The molecule has 1 aliphatic heterocycles. The van der Waals surface area contributed by atoms with Crippen LogP contribution in [0.3, 0.4) is 0 Å². The molecule has 0 saturated carbocycles. The second kappa shape index (κ2) is 6.02. The van der Waals surface area contributed by atoms with Gasteiger partial charge in [0.2, 0.25) is 0 Å². The largest absolute Gasteiger partial charge is 0.366 e. The van der Waals surface area contributed by atoms with Gasteiger partial charge in [-0.15, -0.1) is 11.3 Å². The zero-order valence-electron chi connectivity index (χ0n) is 12.8. The number of hydrogen-bond donors (Lipinski definition) is 0. The SMILES string of the molecule is Cc1ccc(N2CCN(S(=O)(=O)c3cccs3)C[C@@H]2C)cc1. The number of hydrogen-bond acceptors (Lipinski definition) is 4. The molecule has 0 radical (unpaired) electrons. The van der Waals surface area contributed by atoms with Crippen LogP contribution in [0.15, 0.2) is 46.0 Å². The third-order valence-corrected chi connectivity index (χ3v) is 7.28. The summed E-state index contributed by atoms with van der Waals surface area (Å²) >= 11 is 1.28. The summed E-state index contributed by atoms with van der Waals surface area (Å²) < 4.78 is 27.2. The number of nitrogens with zero attached hydrogens (tertiary/aromatic N) is 2. The third-order valence-electron chi connectivity index (χ3n) is 4.05. The Balaban J connectivity index is 1.76. The summed E-state index contributed by atoms with van der Waals surface area (Å²) in [6, 6.07) is 12.0. The van der Waals surface area contributed by atoms with Crippen molar-refractivity contribution < 1.29 is 8.42 Å². The van der Waals surface area contributed by atoms with Crippen LogP contribution in [0.2, 0.25) is 0 Å². The first-order valence-electron chi connectivity index (χ1n) is 7.35. The fraction of sp³-hybridized carbons (Fsp3) is 0.375. The quantitative estimate of drug-likeness (QED) is 0.865. The van der Waals surface area contributed by atoms with Crippen LogP contribution in [0.1, 0.15) is 12.5 Å². The lowest BCUT2D eigenvalue weighted by Gasteiger charge is -2.40. The van der Waals surface area contributed by atoms with Crippen LogP contribution in [-0.2, 0) is 10.0 Å². The number of anilines is 1. The van der Waals surface area contributed by atoms with Crippen LogP contribution >= 0.6 is 11.3 Å². The zero-order chi connectivity index (χ0) is 15.7. The van der Waals surface area contributed by atoms with Gasteiger partial charge in [0.15, 0.2) is 0 Å². The highest BCUT2D eigenvalue weighted by Crippen LogP contribution is 2.26. The summed E-state index contributed by atoms with van der Waals surface area (Å²) in [5, 5.41) is 1.80. The fourth-order valence-electron chi connectivity index (χ4n) is 2.80. The van der Waals surface area contributed by atoms with Gasteiger partial charge < -0.3 is 4.90 Å². The zero-order valence-corrected chi connectivity index (χ0v) is 14.4. The van der Waals surface area contributed by atoms with Crippen LogP contribution in [-0.4, -0.2) is 38.4 Å². The predicted molar refractivity (Wildman–Crippen MR) is 91.1 cm³/mol. The van der Waals surface area contributed by atoms with E-state index in [1.807, 2.05) is 0 Å². The highest BCUT2D eigenvalue weighted by molar-refractivity contribution is 7.91. The topological polar surface area (TPSA) is 40.6 Å². The molecule has 0 spiro atoms. The van der Waals surface area contributed by atoms with E-state index in [-0.39, 0.29) is 6.04 Å². The van der Waals surface area contributed by atoms with Crippen molar-refractivity contribution in [1.29, 1.82) is 0 Å². The maximum absolute atomic E-state index is 12.6. The van der Waals surface area contributed by atoms with E-state index in [1.54, 1.807) is 21.8 Å². The molecule has 1 saturated heterocycles. The molecule has 0 aliphatic carbocycles. The first kappa shape index (κ1) is 15.5. The number of thiophene rings is 1. The summed E-state index contributed by atoms with van der Waals surface area (Å²) in [5.74, 6) is 0. The minimum absolute atomic E-state index is 0.159. The summed E-state index contributed by atoms with van der Waals surface area (Å²) in [7, 11) is -3.34. The number of rotatable bonds is 3. The Kier molecular flexibility index (Phi) is 4.25. The van der Waals surface area contributed by atoms with Gasteiger partial charge in [0.05, 0.1) is 0 Å². The van der Waals surface area contributed by atoms with E-state index in [4.69, 9.17) is 0 Å². The molecule has 6 heteroatoms. The Labute approximate surface area is 136 Å². The Morgan fingerprint density at radius 2 is 1.86 bits per heavy atom. The smallest absolute Gasteiger partial charge is 0.252 e. The lowest BCUT2D eigenvalue weighted by Crippen LogP contribution is -2.53. The van der Waals surface area contributed by atoms with Gasteiger partial charge >= 0.3 is 0 Å².